The number of nitrogen functional groups attached to an aromatic ring is 1. The lowest BCUT2D eigenvalue weighted by atomic mass is 10.2. The smallest absolute Gasteiger partial charge is 0.0702 e. The summed E-state index contributed by atoms with van der Waals surface area (Å²) in [5.74, 6) is 0. The van der Waals surface area contributed by atoms with E-state index in [0.29, 0.717) is 6.10 Å². The van der Waals surface area contributed by atoms with Crippen LogP contribution in [-0.2, 0) is 4.74 Å². The van der Waals surface area contributed by atoms with Crippen molar-refractivity contribution in [3.63, 3.8) is 0 Å². The molecule has 0 spiro atoms. The molecule has 0 amide bonds. The van der Waals surface area contributed by atoms with E-state index in [0.717, 1.165) is 45.0 Å². The average molecular weight is 261 g/mol. The van der Waals surface area contributed by atoms with Gasteiger partial charge in [0.15, 0.2) is 0 Å². The Labute approximate surface area is 115 Å². The van der Waals surface area contributed by atoms with Crippen molar-refractivity contribution in [2.75, 3.05) is 50.0 Å². The summed E-state index contributed by atoms with van der Waals surface area (Å²) in [6, 6.07) is 8.18. The molecule has 2 N–H and O–H groups in total. The van der Waals surface area contributed by atoms with E-state index in [1.165, 1.54) is 18.5 Å². The minimum atomic E-state index is 0.471. The van der Waals surface area contributed by atoms with E-state index in [2.05, 4.69) is 21.9 Å². The molecule has 19 heavy (non-hydrogen) atoms. The molecular formula is C15H23N3O. The molecule has 1 unspecified atom stereocenters. The third-order valence-corrected chi connectivity index (χ3v) is 4.09. The molecule has 1 aromatic carbocycles. The fourth-order valence-corrected chi connectivity index (χ4v) is 2.99. The maximum atomic E-state index is 5.85. The van der Waals surface area contributed by atoms with Crippen molar-refractivity contribution < 1.29 is 4.74 Å². The lowest BCUT2D eigenvalue weighted by Gasteiger charge is -2.37. The van der Waals surface area contributed by atoms with Crippen LogP contribution in [0.25, 0.3) is 0 Å². The van der Waals surface area contributed by atoms with Gasteiger partial charge in [-0.1, -0.05) is 6.07 Å². The zero-order chi connectivity index (χ0) is 13.1. The highest BCUT2D eigenvalue weighted by atomic mass is 16.5. The maximum absolute atomic E-state index is 5.85. The monoisotopic (exact) mass is 261 g/mol. The lowest BCUT2D eigenvalue weighted by Crippen LogP contribution is -2.48. The molecule has 2 aliphatic heterocycles. The Hall–Kier alpha value is -1.26. The summed E-state index contributed by atoms with van der Waals surface area (Å²) < 4.78 is 5.71. The number of nitrogens with zero attached hydrogens (tertiary/aromatic N) is 2. The van der Waals surface area contributed by atoms with Crippen LogP contribution in [0.1, 0.15) is 12.8 Å². The second-order valence-corrected chi connectivity index (χ2v) is 5.52. The van der Waals surface area contributed by atoms with E-state index >= 15 is 0 Å². The first-order chi connectivity index (χ1) is 9.31. The van der Waals surface area contributed by atoms with E-state index in [1.807, 2.05) is 12.1 Å². The van der Waals surface area contributed by atoms with Crippen LogP contribution in [0, 0.1) is 0 Å². The Morgan fingerprint density at radius 2 is 2.05 bits per heavy atom. The molecule has 104 valence electrons. The number of piperazine rings is 1. The zero-order valence-corrected chi connectivity index (χ0v) is 11.4. The summed E-state index contributed by atoms with van der Waals surface area (Å²) >= 11 is 0. The number of benzene rings is 1. The van der Waals surface area contributed by atoms with Crippen molar-refractivity contribution in [2.24, 2.45) is 0 Å². The summed E-state index contributed by atoms with van der Waals surface area (Å²) in [7, 11) is 0. The van der Waals surface area contributed by atoms with E-state index in [1.54, 1.807) is 0 Å². The van der Waals surface area contributed by atoms with Gasteiger partial charge in [0, 0.05) is 50.7 Å². The lowest BCUT2D eigenvalue weighted by molar-refractivity contribution is 0.0713. The van der Waals surface area contributed by atoms with Crippen LogP contribution in [0.2, 0.25) is 0 Å². The highest BCUT2D eigenvalue weighted by Crippen LogP contribution is 2.20. The predicted octanol–water partition coefficient (Wildman–Crippen LogP) is 1.57. The highest BCUT2D eigenvalue weighted by molar-refractivity contribution is 5.56. The second kappa shape index (κ2) is 5.80. The second-order valence-electron chi connectivity index (χ2n) is 5.52. The topological polar surface area (TPSA) is 41.7 Å². The van der Waals surface area contributed by atoms with Crippen LogP contribution in [0.4, 0.5) is 11.4 Å². The van der Waals surface area contributed by atoms with Gasteiger partial charge in [0.1, 0.15) is 0 Å². The number of hydrogen-bond acceptors (Lipinski definition) is 4. The predicted molar refractivity (Wildman–Crippen MR) is 78.5 cm³/mol. The standard InChI is InChI=1S/C15H23N3O/c16-13-3-1-4-14(11-13)18-8-6-17(7-9-18)12-15-5-2-10-19-15/h1,3-4,11,15H,2,5-10,12,16H2. The molecule has 3 rings (SSSR count). The molecule has 2 heterocycles. The van der Waals surface area contributed by atoms with Gasteiger partial charge in [0.2, 0.25) is 0 Å². The number of anilines is 2. The van der Waals surface area contributed by atoms with Crippen LogP contribution >= 0.6 is 0 Å². The number of nitrogens with two attached hydrogens (primary N) is 1. The van der Waals surface area contributed by atoms with E-state index < -0.39 is 0 Å². The fraction of sp³-hybridized carbons (Fsp3) is 0.600. The molecule has 4 nitrogen and oxygen atoms in total. The van der Waals surface area contributed by atoms with E-state index in [4.69, 9.17) is 10.5 Å². The Balaban J connectivity index is 1.51. The maximum Gasteiger partial charge on any atom is 0.0702 e. The Bertz CT molecular complexity index is 410. The van der Waals surface area contributed by atoms with Gasteiger partial charge in [0.05, 0.1) is 6.10 Å². The van der Waals surface area contributed by atoms with Gasteiger partial charge in [-0.15, -0.1) is 0 Å². The molecule has 2 saturated heterocycles. The normalized spacial score (nSPS) is 24.8. The molecule has 1 atom stereocenters. The van der Waals surface area contributed by atoms with Crippen LogP contribution < -0.4 is 10.6 Å². The van der Waals surface area contributed by atoms with Crippen molar-refractivity contribution in [1.29, 1.82) is 0 Å². The molecule has 0 aliphatic carbocycles. The summed E-state index contributed by atoms with van der Waals surface area (Å²) in [6.45, 7) is 6.45. The first-order valence-electron chi connectivity index (χ1n) is 7.26. The third-order valence-electron chi connectivity index (χ3n) is 4.09. The summed E-state index contributed by atoms with van der Waals surface area (Å²) in [6.07, 6.45) is 2.93. The summed E-state index contributed by atoms with van der Waals surface area (Å²) in [4.78, 5) is 4.95. The molecule has 2 fully saturated rings. The first-order valence-corrected chi connectivity index (χ1v) is 7.26. The van der Waals surface area contributed by atoms with Crippen molar-refractivity contribution in [1.82, 2.24) is 4.90 Å². The summed E-state index contributed by atoms with van der Waals surface area (Å²) in [5.41, 5.74) is 7.94. The first kappa shape index (κ1) is 12.8. The zero-order valence-electron chi connectivity index (χ0n) is 11.4. The van der Waals surface area contributed by atoms with E-state index in [9.17, 15) is 0 Å². The molecule has 4 heteroatoms. The van der Waals surface area contributed by atoms with Gasteiger partial charge in [-0.2, -0.15) is 0 Å². The van der Waals surface area contributed by atoms with Crippen LogP contribution in [-0.4, -0.2) is 50.3 Å². The van der Waals surface area contributed by atoms with Gasteiger partial charge in [-0.25, -0.2) is 0 Å². The molecular weight excluding hydrogens is 238 g/mol. The molecule has 0 aromatic heterocycles. The Kier molecular flexibility index (Phi) is 3.89. The quantitative estimate of drug-likeness (QED) is 0.839. The average Bonchev–Trinajstić information content (AvgIpc) is 2.92. The van der Waals surface area contributed by atoms with Crippen molar-refractivity contribution in [3.05, 3.63) is 24.3 Å². The molecule has 0 saturated carbocycles. The van der Waals surface area contributed by atoms with Crippen molar-refractivity contribution in [3.8, 4) is 0 Å². The van der Waals surface area contributed by atoms with E-state index in [-0.39, 0.29) is 0 Å². The van der Waals surface area contributed by atoms with Crippen molar-refractivity contribution >= 4 is 11.4 Å². The van der Waals surface area contributed by atoms with Gasteiger partial charge < -0.3 is 15.4 Å². The van der Waals surface area contributed by atoms with Crippen molar-refractivity contribution in [2.45, 2.75) is 18.9 Å². The minimum Gasteiger partial charge on any atom is -0.399 e. The molecule has 2 aliphatic rings. The van der Waals surface area contributed by atoms with Gasteiger partial charge >= 0.3 is 0 Å². The molecule has 1 aromatic rings. The van der Waals surface area contributed by atoms with Crippen LogP contribution in [0.5, 0.6) is 0 Å². The number of rotatable bonds is 3. The van der Waals surface area contributed by atoms with Crippen LogP contribution in [0.15, 0.2) is 24.3 Å². The molecule has 0 radical (unpaired) electrons. The van der Waals surface area contributed by atoms with Gasteiger partial charge in [0.25, 0.3) is 0 Å². The minimum absolute atomic E-state index is 0.471. The van der Waals surface area contributed by atoms with Gasteiger partial charge in [-0.05, 0) is 31.0 Å². The molecule has 0 bridgehead atoms. The largest absolute Gasteiger partial charge is 0.399 e. The Morgan fingerprint density at radius 1 is 1.21 bits per heavy atom. The summed E-state index contributed by atoms with van der Waals surface area (Å²) in [5, 5.41) is 0. The number of ether oxygens (including phenoxy) is 1. The third kappa shape index (κ3) is 3.19. The van der Waals surface area contributed by atoms with Crippen LogP contribution in [0.3, 0.4) is 0 Å². The van der Waals surface area contributed by atoms with Gasteiger partial charge in [-0.3, -0.25) is 4.90 Å². The Morgan fingerprint density at radius 3 is 2.74 bits per heavy atom. The number of hydrogen-bond donors (Lipinski definition) is 1. The SMILES string of the molecule is Nc1cccc(N2CCN(CC3CCCO3)CC2)c1. The fourth-order valence-electron chi connectivity index (χ4n) is 2.99. The highest BCUT2D eigenvalue weighted by Gasteiger charge is 2.22.